The first-order valence-electron chi connectivity index (χ1n) is 5.62. The fourth-order valence-corrected chi connectivity index (χ4v) is 5.22. The summed E-state index contributed by atoms with van der Waals surface area (Å²) in [6, 6.07) is 0. The Morgan fingerprint density at radius 2 is 2.12 bits per heavy atom. The molecule has 0 amide bonds. The van der Waals surface area contributed by atoms with Gasteiger partial charge in [-0.1, -0.05) is 22.4 Å². The number of thioether (sulfide) groups is 1. The molecule has 16 heavy (non-hydrogen) atoms. The lowest BCUT2D eigenvalue weighted by atomic mass is 10.2. The Morgan fingerprint density at radius 3 is 2.75 bits per heavy atom. The summed E-state index contributed by atoms with van der Waals surface area (Å²) in [5, 5.41) is 0.786. The molecular weight excluding hydrogens is 310 g/mol. The number of hydrogen-bond donors (Lipinski definition) is 0. The molecule has 0 aliphatic carbocycles. The minimum Gasteiger partial charge on any atom is -0.286 e. The van der Waals surface area contributed by atoms with E-state index in [0.717, 1.165) is 36.3 Å². The Kier molecular flexibility index (Phi) is 6.69. The van der Waals surface area contributed by atoms with Crippen LogP contribution >= 0.6 is 27.7 Å². The third-order valence-corrected chi connectivity index (χ3v) is 6.01. The standard InChI is InChI=1S/C10H20BrNO2S2/c1-16(13,14)10-9-15-8-7-12(10)6-4-2-3-5-11/h10H,2-9H2,1H3. The van der Waals surface area contributed by atoms with Crippen molar-refractivity contribution in [1.82, 2.24) is 4.90 Å². The second-order valence-corrected chi connectivity index (χ2v) is 8.29. The molecule has 1 aliphatic rings. The van der Waals surface area contributed by atoms with E-state index in [-0.39, 0.29) is 5.37 Å². The van der Waals surface area contributed by atoms with E-state index in [1.54, 1.807) is 11.8 Å². The van der Waals surface area contributed by atoms with E-state index < -0.39 is 9.84 Å². The third-order valence-electron chi connectivity index (χ3n) is 2.76. The van der Waals surface area contributed by atoms with Gasteiger partial charge in [0.1, 0.15) is 5.37 Å². The van der Waals surface area contributed by atoms with Gasteiger partial charge in [-0.05, 0) is 19.4 Å². The molecule has 6 heteroatoms. The first kappa shape index (κ1) is 14.8. The van der Waals surface area contributed by atoms with E-state index in [0.29, 0.717) is 0 Å². The molecule has 0 bridgehead atoms. The van der Waals surface area contributed by atoms with Crippen molar-refractivity contribution in [3.63, 3.8) is 0 Å². The van der Waals surface area contributed by atoms with Crippen LogP contribution in [0.4, 0.5) is 0 Å². The van der Waals surface area contributed by atoms with E-state index in [2.05, 4.69) is 20.8 Å². The minimum absolute atomic E-state index is 0.254. The SMILES string of the molecule is CS(=O)(=O)C1CSCCN1CCCCCBr. The molecule has 1 fully saturated rings. The van der Waals surface area contributed by atoms with Crippen molar-refractivity contribution in [1.29, 1.82) is 0 Å². The zero-order valence-electron chi connectivity index (χ0n) is 9.69. The average molecular weight is 330 g/mol. The Hall–Kier alpha value is 0.740. The molecule has 0 aromatic heterocycles. The van der Waals surface area contributed by atoms with Crippen LogP contribution < -0.4 is 0 Å². The van der Waals surface area contributed by atoms with Gasteiger partial charge in [0, 0.05) is 29.6 Å². The molecule has 0 spiro atoms. The molecule has 3 nitrogen and oxygen atoms in total. The first-order chi connectivity index (χ1) is 7.55. The van der Waals surface area contributed by atoms with Crippen LogP contribution in [0, 0.1) is 0 Å². The molecular formula is C10H20BrNO2S2. The highest BCUT2D eigenvalue weighted by Crippen LogP contribution is 2.20. The molecule has 0 aromatic carbocycles. The molecule has 1 aliphatic heterocycles. The Morgan fingerprint density at radius 1 is 1.38 bits per heavy atom. The summed E-state index contributed by atoms with van der Waals surface area (Å²) >= 11 is 5.16. The lowest BCUT2D eigenvalue weighted by molar-refractivity contribution is 0.265. The number of halogens is 1. The average Bonchev–Trinajstić information content (AvgIpc) is 2.24. The van der Waals surface area contributed by atoms with Gasteiger partial charge in [0.05, 0.1) is 0 Å². The van der Waals surface area contributed by atoms with E-state index >= 15 is 0 Å². The maximum Gasteiger partial charge on any atom is 0.164 e. The summed E-state index contributed by atoms with van der Waals surface area (Å²) in [5.74, 6) is 1.79. The maximum absolute atomic E-state index is 11.6. The number of sulfone groups is 1. The first-order valence-corrected chi connectivity index (χ1v) is 9.85. The third kappa shape index (κ3) is 4.94. The Bertz CT molecular complexity index is 295. The topological polar surface area (TPSA) is 37.4 Å². The maximum atomic E-state index is 11.6. The van der Waals surface area contributed by atoms with Crippen LogP contribution in [-0.2, 0) is 9.84 Å². The lowest BCUT2D eigenvalue weighted by Gasteiger charge is -2.33. The summed E-state index contributed by atoms with van der Waals surface area (Å²) in [7, 11) is -2.92. The van der Waals surface area contributed by atoms with Crippen molar-refractivity contribution in [2.75, 3.05) is 36.2 Å². The summed E-state index contributed by atoms with van der Waals surface area (Å²) < 4.78 is 23.2. The van der Waals surface area contributed by atoms with E-state index in [9.17, 15) is 8.42 Å². The number of alkyl halides is 1. The molecule has 1 heterocycles. The summed E-state index contributed by atoms with van der Waals surface area (Å²) in [6.07, 6.45) is 4.80. The molecule has 96 valence electrons. The van der Waals surface area contributed by atoms with E-state index in [1.807, 2.05) is 0 Å². The second kappa shape index (κ2) is 7.24. The van der Waals surface area contributed by atoms with Gasteiger partial charge in [0.2, 0.25) is 0 Å². The Labute approximate surface area is 111 Å². The minimum atomic E-state index is -2.92. The van der Waals surface area contributed by atoms with Gasteiger partial charge < -0.3 is 0 Å². The van der Waals surface area contributed by atoms with Gasteiger partial charge in [-0.25, -0.2) is 8.42 Å². The highest BCUT2D eigenvalue weighted by atomic mass is 79.9. The zero-order chi connectivity index (χ0) is 12.0. The highest BCUT2D eigenvalue weighted by Gasteiger charge is 2.30. The van der Waals surface area contributed by atoms with Gasteiger partial charge in [0.15, 0.2) is 9.84 Å². The van der Waals surface area contributed by atoms with Gasteiger partial charge in [-0.3, -0.25) is 4.90 Å². The number of nitrogens with zero attached hydrogens (tertiary/aromatic N) is 1. The van der Waals surface area contributed by atoms with Gasteiger partial charge in [-0.2, -0.15) is 11.8 Å². The zero-order valence-corrected chi connectivity index (χ0v) is 12.9. The fraction of sp³-hybridized carbons (Fsp3) is 1.00. The number of rotatable bonds is 6. The molecule has 0 radical (unpaired) electrons. The summed E-state index contributed by atoms with van der Waals surface area (Å²) in [5.41, 5.74) is 0. The lowest BCUT2D eigenvalue weighted by Crippen LogP contribution is -2.47. The van der Waals surface area contributed by atoms with Crippen LogP contribution in [0.3, 0.4) is 0 Å². The monoisotopic (exact) mass is 329 g/mol. The van der Waals surface area contributed by atoms with Gasteiger partial charge in [-0.15, -0.1) is 0 Å². The molecule has 0 N–H and O–H groups in total. The molecule has 1 rings (SSSR count). The van der Waals surface area contributed by atoms with Crippen molar-refractivity contribution in [2.45, 2.75) is 24.6 Å². The fourth-order valence-electron chi connectivity index (χ4n) is 1.85. The predicted molar refractivity (Wildman–Crippen MR) is 75.2 cm³/mol. The van der Waals surface area contributed by atoms with Crippen LogP contribution in [0.1, 0.15) is 19.3 Å². The molecule has 0 saturated carbocycles. The normalized spacial score (nSPS) is 23.5. The van der Waals surface area contributed by atoms with Crippen LogP contribution in [0.25, 0.3) is 0 Å². The predicted octanol–water partition coefficient (Wildman–Crippen LogP) is 1.97. The van der Waals surface area contributed by atoms with Crippen LogP contribution in [0.2, 0.25) is 0 Å². The van der Waals surface area contributed by atoms with Crippen molar-refractivity contribution in [3.05, 3.63) is 0 Å². The number of hydrogen-bond acceptors (Lipinski definition) is 4. The van der Waals surface area contributed by atoms with Crippen LogP contribution in [0.15, 0.2) is 0 Å². The van der Waals surface area contributed by atoms with Gasteiger partial charge >= 0.3 is 0 Å². The van der Waals surface area contributed by atoms with E-state index in [1.165, 1.54) is 19.1 Å². The van der Waals surface area contributed by atoms with Crippen molar-refractivity contribution in [3.8, 4) is 0 Å². The largest absolute Gasteiger partial charge is 0.286 e. The summed E-state index contributed by atoms with van der Waals surface area (Å²) in [6.45, 7) is 1.84. The van der Waals surface area contributed by atoms with Crippen molar-refractivity contribution >= 4 is 37.5 Å². The molecule has 1 atom stereocenters. The quantitative estimate of drug-likeness (QED) is 0.551. The smallest absolute Gasteiger partial charge is 0.164 e. The van der Waals surface area contributed by atoms with E-state index in [4.69, 9.17) is 0 Å². The second-order valence-electron chi connectivity index (χ2n) is 4.14. The highest BCUT2D eigenvalue weighted by molar-refractivity contribution is 9.09. The van der Waals surface area contributed by atoms with Crippen LogP contribution in [0.5, 0.6) is 0 Å². The number of unbranched alkanes of at least 4 members (excludes halogenated alkanes) is 2. The van der Waals surface area contributed by atoms with Gasteiger partial charge in [0.25, 0.3) is 0 Å². The summed E-state index contributed by atoms with van der Waals surface area (Å²) in [4.78, 5) is 2.14. The Balaban J connectivity index is 2.42. The molecule has 1 unspecified atom stereocenters. The molecule has 0 aromatic rings. The van der Waals surface area contributed by atoms with Crippen LogP contribution in [-0.4, -0.2) is 54.9 Å². The molecule has 1 saturated heterocycles. The van der Waals surface area contributed by atoms with Crippen molar-refractivity contribution in [2.24, 2.45) is 0 Å². The van der Waals surface area contributed by atoms with Crippen molar-refractivity contribution < 1.29 is 8.42 Å².